The van der Waals surface area contributed by atoms with Crippen molar-refractivity contribution in [1.82, 2.24) is 30.3 Å². The van der Waals surface area contributed by atoms with Crippen LogP contribution in [-0.4, -0.2) is 57.8 Å². The third kappa shape index (κ3) is 7.15. The Morgan fingerprint density at radius 1 is 1.00 bits per heavy atom. The van der Waals surface area contributed by atoms with Gasteiger partial charge >= 0.3 is 0 Å². The van der Waals surface area contributed by atoms with Gasteiger partial charge in [0.25, 0.3) is 0 Å². The molecule has 2 N–H and O–H groups in total. The second-order valence-electron chi connectivity index (χ2n) is 8.72. The summed E-state index contributed by atoms with van der Waals surface area (Å²) in [6, 6.07) is 18.2. The predicted molar refractivity (Wildman–Crippen MR) is 136 cm³/mol. The molecule has 0 amide bonds. The molecule has 0 aliphatic carbocycles. The normalized spacial score (nSPS) is 12.1. The first-order valence-corrected chi connectivity index (χ1v) is 11.7. The Morgan fingerprint density at radius 3 is 2.36 bits per heavy atom. The van der Waals surface area contributed by atoms with E-state index in [0.717, 1.165) is 25.6 Å². The predicted octanol–water partition coefficient (Wildman–Crippen LogP) is 3.78. The summed E-state index contributed by atoms with van der Waals surface area (Å²) in [6.07, 6.45) is 3.30. The van der Waals surface area contributed by atoms with Gasteiger partial charge in [-0.05, 0) is 49.9 Å². The molecule has 0 fully saturated rings. The first kappa shape index (κ1) is 24.5. The quantitative estimate of drug-likeness (QED) is 0.366. The summed E-state index contributed by atoms with van der Waals surface area (Å²) < 4.78 is 1.83. The first-order valence-electron chi connectivity index (χ1n) is 11.7. The van der Waals surface area contributed by atoms with Crippen molar-refractivity contribution < 1.29 is 0 Å². The van der Waals surface area contributed by atoms with Gasteiger partial charge in [-0.1, -0.05) is 48.5 Å². The molecule has 0 spiro atoms. The summed E-state index contributed by atoms with van der Waals surface area (Å²) in [5.41, 5.74) is 4.84. The number of aromatic nitrogens is 3. The molecule has 0 radical (unpaired) electrons. The molecule has 0 saturated heterocycles. The minimum Gasteiger partial charge on any atom is -0.355 e. The van der Waals surface area contributed by atoms with E-state index in [9.17, 15) is 0 Å². The highest BCUT2D eigenvalue weighted by molar-refractivity contribution is 5.80. The molecule has 3 rings (SSSR count). The molecule has 0 unspecified atom stereocenters. The number of nitrogens with zero attached hydrogens (tertiary/aromatic N) is 5. The van der Waals surface area contributed by atoms with Gasteiger partial charge in [0.2, 0.25) is 0 Å². The van der Waals surface area contributed by atoms with Gasteiger partial charge in [0, 0.05) is 38.8 Å². The third-order valence-electron chi connectivity index (χ3n) is 5.75. The van der Waals surface area contributed by atoms with E-state index in [1.165, 1.54) is 22.3 Å². The lowest BCUT2D eigenvalue weighted by Crippen LogP contribution is -2.45. The minimum atomic E-state index is 0.524. The Balaban J connectivity index is 1.59. The molecule has 0 atom stereocenters. The number of guanidine groups is 1. The summed E-state index contributed by atoms with van der Waals surface area (Å²) in [5.74, 6) is 0.820. The number of aliphatic imine (C=N–C) groups is 1. The Morgan fingerprint density at radius 2 is 1.73 bits per heavy atom. The third-order valence-corrected chi connectivity index (χ3v) is 5.75. The number of hydrogen-bond donors (Lipinski definition) is 2. The van der Waals surface area contributed by atoms with Crippen molar-refractivity contribution >= 4 is 5.96 Å². The van der Waals surface area contributed by atoms with E-state index in [-0.39, 0.29) is 0 Å². The van der Waals surface area contributed by atoms with Crippen LogP contribution in [0.5, 0.6) is 0 Å². The van der Waals surface area contributed by atoms with Crippen LogP contribution in [0.15, 0.2) is 66.2 Å². The molecule has 176 valence electrons. The first-order chi connectivity index (χ1) is 16.0. The van der Waals surface area contributed by atoms with Gasteiger partial charge in [-0.25, -0.2) is 9.67 Å². The van der Waals surface area contributed by atoms with E-state index in [1.54, 1.807) is 12.7 Å². The van der Waals surface area contributed by atoms with Gasteiger partial charge in [0.1, 0.15) is 12.7 Å². The van der Waals surface area contributed by atoms with E-state index in [0.29, 0.717) is 18.6 Å². The number of rotatable bonds is 10. The molecule has 2 aromatic carbocycles. The zero-order chi connectivity index (χ0) is 23.6. The topological polar surface area (TPSA) is 70.4 Å². The van der Waals surface area contributed by atoms with Crippen molar-refractivity contribution in [3.8, 4) is 11.1 Å². The summed E-state index contributed by atoms with van der Waals surface area (Å²) in [5, 5.41) is 11.1. The summed E-state index contributed by atoms with van der Waals surface area (Å²) in [7, 11) is 1.82. The molecular weight excluding hydrogens is 410 g/mol. The van der Waals surface area contributed by atoms with Crippen LogP contribution in [0.4, 0.5) is 0 Å². The Kier molecular flexibility index (Phi) is 9.01. The second-order valence-corrected chi connectivity index (χ2v) is 8.72. The van der Waals surface area contributed by atoms with Crippen LogP contribution in [0.1, 0.15) is 38.8 Å². The van der Waals surface area contributed by atoms with Crippen molar-refractivity contribution in [3.63, 3.8) is 0 Å². The maximum absolute atomic E-state index is 4.40. The number of benzene rings is 2. The molecule has 1 heterocycles. The highest BCUT2D eigenvalue weighted by Crippen LogP contribution is 2.24. The lowest BCUT2D eigenvalue weighted by molar-refractivity contribution is 0.178. The molecule has 0 aliphatic heterocycles. The van der Waals surface area contributed by atoms with Crippen molar-refractivity contribution in [2.75, 3.05) is 20.1 Å². The maximum Gasteiger partial charge on any atom is 0.191 e. The molecule has 1 aromatic heterocycles. The second kappa shape index (κ2) is 12.2. The standard InChI is InChI=1S/C26H37N7/c1-20(2)33(21(3)4)15-14-29-26(27-5)30-16-24-8-6-7-9-25(24)23-12-10-22(11-13-23)17-32-19-28-18-31-32/h6-13,18-21H,14-17H2,1-5H3,(H2,27,29,30). The Hall–Kier alpha value is -3.19. The Bertz CT molecular complexity index is 984. The van der Waals surface area contributed by atoms with Crippen LogP contribution in [0.3, 0.4) is 0 Å². The zero-order valence-corrected chi connectivity index (χ0v) is 20.5. The summed E-state index contributed by atoms with van der Waals surface area (Å²) in [6.45, 7) is 12.2. The molecule has 7 nitrogen and oxygen atoms in total. The van der Waals surface area contributed by atoms with Crippen LogP contribution < -0.4 is 10.6 Å². The van der Waals surface area contributed by atoms with E-state index in [2.05, 4.69) is 107 Å². The maximum atomic E-state index is 4.40. The molecule has 33 heavy (non-hydrogen) atoms. The highest BCUT2D eigenvalue weighted by atomic mass is 15.3. The van der Waals surface area contributed by atoms with E-state index in [4.69, 9.17) is 0 Å². The highest BCUT2D eigenvalue weighted by Gasteiger charge is 2.13. The van der Waals surface area contributed by atoms with Gasteiger partial charge in [0.15, 0.2) is 5.96 Å². The molecule has 7 heteroatoms. The van der Waals surface area contributed by atoms with E-state index in [1.807, 2.05) is 11.7 Å². The van der Waals surface area contributed by atoms with Crippen LogP contribution in [0, 0.1) is 0 Å². The molecule has 3 aromatic rings. The smallest absolute Gasteiger partial charge is 0.191 e. The van der Waals surface area contributed by atoms with Gasteiger partial charge in [-0.15, -0.1) is 0 Å². The average molecular weight is 448 g/mol. The molecular formula is C26H37N7. The summed E-state index contributed by atoms with van der Waals surface area (Å²) in [4.78, 5) is 10.9. The van der Waals surface area contributed by atoms with Gasteiger partial charge < -0.3 is 10.6 Å². The fraction of sp³-hybridized carbons (Fsp3) is 0.423. The van der Waals surface area contributed by atoms with E-state index < -0.39 is 0 Å². The fourth-order valence-electron chi connectivity index (χ4n) is 4.06. The van der Waals surface area contributed by atoms with Gasteiger partial charge in [-0.2, -0.15) is 5.10 Å². The Labute approximate surface area is 198 Å². The number of hydrogen-bond acceptors (Lipinski definition) is 4. The number of nitrogens with one attached hydrogen (secondary N) is 2. The van der Waals surface area contributed by atoms with Gasteiger partial charge in [-0.3, -0.25) is 9.89 Å². The lowest BCUT2D eigenvalue weighted by atomic mass is 9.98. The summed E-state index contributed by atoms with van der Waals surface area (Å²) >= 11 is 0. The monoisotopic (exact) mass is 447 g/mol. The van der Waals surface area contributed by atoms with Gasteiger partial charge in [0.05, 0.1) is 6.54 Å². The van der Waals surface area contributed by atoms with Crippen molar-refractivity contribution in [2.24, 2.45) is 4.99 Å². The largest absolute Gasteiger partial charge is 0.355 e. The van der Waals surface area contributed by atoms with Crippen LogP contribution in [-0.2, 0) is 13.1 Å². The van der Waals surface area contributed by atoms with Crippen LogP contribution in [0.2, 0.25) is 0 Å². The SMILES string of the molecule is CN=C(NCCN(C(C)C)C(C)C)NCc1ccccc1-c1ccc(Cn2cncn2)cc1. The average Bonchev–Trinajstić information content (AvgIpc) is 3.32. The van der Waals surface area contributed by atoms with E-state index >= 15 is 0 Å². The van der Waals surface area contributed by atoms with Crippen LogP contribution >= 0.6 is 0 Å². The molecule has 0 saturated carbocycles. The minimum absolute atomic E-state index is 0.524. The lowest BCUT2D eigenvalue weighted by Gasteiger charge is -2.30. The fourth-order valence-corrected chi connectivity index (χ4v) is 4.06. The molecule has 0 bridgehead atoms. The van der Waals surface area contributed by atoms with Crippen LogP contribution in [0.25, 0.3) is 11.1 Å². The molecule has 0 aliphatic rings. The van der Waals surface area contributed by atoms with Crippen molar-refractivity contribution in [2.45, 2.75) is 52.9 Å². The van der Waals surface area contributed by atoms with Crippen molar-refractivity contribution in [1.29, 1.82) is 0 Å². The zero-order valence-electron chi connectivity index (χ0n) is 20.5. The van der Waals surface area contributed by atoms with Crippen molar-refractivity contribution in [3.05, 3.63) is 72.3 Å².